The molecule has 2 heterocycles. The van der Waals surface area contributed by atoms with Gasteiger partial charge in [0.05, 0.1) is 6.21 Å². The van der Waals surface area contributed by atoms with Crippen LogP contribution in [0.25, 0.3) is 0 Å². The summed E-state index contributed by atoms with van der Waals surface area (Å²) in [6, 6.07) is 22.3. The Labute approximate surface area is 183 Å². The van der Waals surface area contributed by atoms with Gasteiger partial charge in [0.2, 0.25) is 0 Å². The maximum Gasteiger partial charge on any atom is 0.271 e. The summed E-state index contributed by atoms with van der Waals surface area (Å²) >= 11 is 0. The molecule has 0 spiro atoms. The Bertz CT molecular complexity index is 979. The van der Waals surface area contributed by atoms with E-state index in [-0.39, 0.29) is 5.91 Å². The molecular formula is C26H28N4O. The minimum atomic E-state index is -0.210. The number of hydrazone groups is 1. The van der Waals surface area contributed by atoms with E-state index < -0.39 is 0 Å². The molecule has 158 valence electrons. The summed E-state index contributed by atoms with van der Waals surface area (Å²) in [4.78, 5) is 18.7. The van der Waals surface area contributed by atoms with Crippen molar-refractivity contribution in [3.05, 3.63) is 101 Å². The van der Waals surface area contributed by atoms with Crippen molar-refractivity contribution < 1.29 is 4.79 Å². The fourth-order valence-electron chi connectivity index (χ4n) is 4.00. The summed E-state index contributed by atoms with van der Waals surface area (Å²) in [5.41, 5.74) is 6.75. The molecule has 5 nitrogen and oxygen atoms in total. The molecule has 0 unspecified atom stereocenters. The third-order valence-electron chi connectivity index (χ3n) is 5.78. The molecule has 1 aliphatic heterocycles. The highest BCUT2D eigenvalue weighted by atomic mass is 16.2. The van der Waals surface area contributed by atoms with Crippen molar-refractivity contribution in [2.24, 2.45) is 11.0 Å². The lowest BCUT2D eigenvalue weighted by Gasteiger charge is -2.32. The van der Waals surface area contributed by atoms with Crippen LogP contribution in [0, 0.1) is 5.92 Å². The molecule has 1 aromatic heterocycles. The first-order valence-electron chi connectivity index (χ1n) is 10.8. The Kier molecular flexibility index (Phi) is 7.19. The van der Waals surface area contributed by atoms with Crippen molar-refractivity contribution in [2.45, 2.75) is 25.8 Å². The number of likely N-dealkylation sites (tertiary alicyclic amines) is 1. The standard InChI is InChI=1S/C26H28N4O/c31-26(29-28-19-23-10-14-27-15-11-23)25-8-6-24(7-9-25)20-30-16-12-22(13-17-30)18-21-4-2-1-3-5-21/h1-11,14-15,19,22H,12-13,16-18,20H2,(H,29,31)/b28-19-. The number of rotatable bonds is 7. The summed E-state index contributed by atoms with van der Waals surface area (Å²) in [5.74, 6) is 0.566. The highest BCUT2D eigenvalue weighted by molar-refractivity contribution is 5.94. The fraction of sp³-hybridized carbons (Fsp3) is 0.269. The van der Waals surface area contributed by atoms with Crippen LogP contribution >= 0.6 is 0 Å². The number of carbonyl (C=O) groups excluding carboxylic acids is 1. The van der Waals surface area contributed by atoms with Gasteiger partial charge in [0.15, 0.2) is 0 Å². The number of hydrogen-bond acceptors (Lipinski definition) is 4. The number of hydrogen-bond donors (Lipinski definition) is 1. The Morgan fingerprint density at radius 3 is 2.39 bits per heavy atom. The van der Waals surface area contributed by atoms with Crippen molar-refractivity contribution in [3.63, 3.8) is 0 Å². The average Bonchev–Trinajstić information content (AvgIpc) is 2.82. The Hall–Kier alpha value is -3.31. The van der Waals surface area contributed by atoms with Gasteiger partial charge in [-0.1, -0.05) is 42.5 Å². The largest absolute Gasteiger partial charge is 0.299 e. The van der Waals surface area contributed by atoms with Crippen LogP contribution in [-0.4, -0.2) is 35.1 Å². The first kappa shape index (κ1) is 20.9. The smallest absolute Gasteiger partial charge is 0.271 e. The SMILES string of the molecule is O=C(N/N=C\c1ccncc1)c1ccc(CN2CCC(Cc3ccccc3)CC2)cc1. The lowest BCUT2D eigenvalue weighted by atomic mass is 9.90. The molecule has 0 bridgehead atoms. The number of nitrogens with one attached hydrogen (secondary N) is 1. The van der Waals surface area contributed by atoms with E-state index in [1.807, 2.05) is 36.4 Å². The molecule has 0 atom stereocenters. The monoisotopic (exact) mass is 412 g/mol. The minimum absolute atomic E-state index is 0.210. The molecule has 1 amide bonds. The van der Waals surface area contributed by atoms with Crippen LogP contribution in [0.1, 0.15) is 39.9 Å². The van der Waals surface area contributed by atoms with Gasteiger partial charge < -0.3 is 0 Å². The van der Waals surface area contributed by atoms with E-state index in [0.717, 1.165) is 31.1 Å². The highest BCUT2D eigenvalue weighted by Crippen LogP contribution is 2.23. The van der Waals surface area contributed by atoms with Gasteiger partial charge in [-0.15, -0.1) is 0 Å². The molecule has 5 heteroatoms. The van der Waals surface area contributed by atoms with Gasteiger partial charge in [0, 0.05) is 24.5 Å². The van der Waals surface area contributed by atoms with Crippen molar-refractivity contribution in [2.75, 3.05) is 13.1 Å². The van der Waals surface area contributed by atoms with Crippen LogP contribution in [-0.2, 0) is 13.0 Å². The summed E-state index contributed by atoms with van der Waals surface area (Å²) in [5, 5.41) is 4.01. The molecule has 0 radical (unpaired) electrons. The van der Waals surface area contributed by atoms with Crippen LogP contribution in [0.2, 0.25) is 0 Å². The third kappa shape index (κ3) is 6.33. The zero-order valence-corrected chi connectivity index (χ0v) is 17.7. The summed E-state index contributed by atoms with van der Waals surface area (Å²) in [7, 11) is 0. The Morgan fingerprint density at radius 1 is 0.968 bits per heavy atom. The van der Waals surface area contributed by atoms with Crippen molar-refractivity contribution in [1.82, 2.24) is 15.3 Å². The maximum atomic E-state index is 12.3. The normalized spacial score (nSPS) is 15.2. The molecule has 1 saturated heterocycles. The van der Waals surface area contributed by atoms with Gasteiger partial charge in [-0.3, -0.25) is 14.7 Å². The molecular weight excluding hydrogens is 384 g/mol. The summed E-state index contributed by atoms with van der Waals surface area (Å²) in [6.07, 6.45) is 8.65. The minimum Gasteiger partial charge on any atom is -0.299 e. The number of benzene rings is 2. The lowest BCUT2D eigenvalue weighted by Crippen LogP contribution is -2.33. The van der Waals surface area contributed by atoms with E-state index in [2.05, 4.69) is 50.7 Å². The molecule has 3 aromatic rings. The lowest BCUT2D eigenvalue weighted by molar-refractivity contribution is 0.0955. The second-order valence-electron chi connectivity index (χ2n) is 8.09. The number of aromatic nitrogens is 1. The molecule has 1 N–H and O–H groups in total. The van der Waals surface area contributed by atoms with Crippen molar-refractivity contribution in [1.29, 1.82) is 0 Å². The zero-order chi connectivity index (χ0) is 21.3. The van der Waals surface area contributed by atoms with E-state index in [9.17, 15) is 4.79 Å². The molecule has 4 rings (SSSR count). The highest BCUT2D eigenvalue weighted by Gasteiger charge is 2.19. The van der Waals surface area contributed by atoms with Gasteiger partial charge in [-0.05, 0) is 79.2 Å². The maximum absolute atomic E-state index is 12.3. The second kappa shape index (κ2) is 10.6. The van der Waals surface area contributed by atoms with E-state index >= 15 is 0 Å². The van der Waals surface area contributed by atoms with Crippen molar-refractivity contribution in [3.8, 4) is 0 Å². The van der Waals surface area contributed by atoms with Crippen LogP contribution in [0.3, 0.4) is 0 Å². The van der Waals surface area contributed by atoms with E-state index in [1.54, 1.807) is 18.6 Å². The van der Waals surface area contributed by atoms with Gasteiger partial charge in [0.25, 0.3) is 5.91 Å². The number of pyridine rings is 1. The predicted octanol–water partition coefficient (Wildman–Crippen LogP) is 4.30. The van der Waals surface area contributed by atoms with E-state index in [4.69, 9.17) is 0 Å². The molecule has 1 fully saturated rings. The number of carbonyl (C=O) groups is 1. The van der Waals surface area contributed by atoms with Crippen molar-refractivity contribution >= 4 is 12.1 Å². The number of amides is 1. The first-order valence-corrected chi connectivity index (χ1v) is 10.8. The van der Waals surface area contributed by atoms with Gasteiger partial charge in [-0.2, -0.15) is 5.10 Å². The quantitative estimate of drug-likeness (QED) is 0.465. The van der Waals surface area contributed by atoms with Crippen LogP contribution < -0.4 is 5.43 Å². The molecule has 0 aliphatic carbocycles. The molecule has 2 aromatic carbocycles. The van der Waals surface area contributed by atoms with Gasteiger partial charge in [0.1, 0.15) is 0 Å². The zero-order valence-electron chi connectivity index (χ0n) is 17.7. The second-order valence-corrected chi connectivity index (χ2v) is 8.09. The van der Waals surface area contributed by atoms with Crippen LogP contribution in [0.15, 0.2) is 84.2 Å². The third-order valence-corrected chi connectivity index (χ3v) is 5.78. The first-order chi connectivity index (χ1) is 15.3. The molecule has 1 aliphatic rings. The van der Waals surface area contributed by atoms with Gasteiger partial charge in [-0.25, -0.2) is 5.43 Å². The van der Waals surface area contributed by atoms with E-state index in [1.165, 1.54) is 30.4 Å². The Balaban J connectivity index is 1.22. The predicted molar refractivity (Wildman–Crippen MR) is 124 cm³/mol. The fourth-order valence-corrected chi connectivity index (χ4v) is 4.00. The summed E-state index contributed by atoms with van der Waals surface area (Å²) in [6.45, 7) is 3.19. The van der Waals surface area contributed by atoms with E-state index in [0.29, 0.717) is 5.56 Å². The average molecular weight is 413 g/mol. The number of piperidine rings is 1. The topological polar surface area (TPSA) is 57.6 Å². The van der Waals surface area contributed by atoms with Crippen LogP contribution in [0.4, 0.5) is 0 Å². The summed E-state index contributed by atoms with van der Waals surface area (Å²) < 4.78 is 0. The Morgan fingerprint density at radius 2 is 1.68 bits per heavy atom. The van der Waals surface area contributed by atoms with Crippen LogP contribution in [0.5, 0.6) is 0 Å². The molecule has 0 saturated carbocycles. The molecule has 31 heavy (non-hydrogen) atoms. The van der Waals surface area contributed by atoms with Gasteiger partial charge >= 0.3 is 0 Å². The number of nitrogens with zero attached hydrogens (tertiary/aromatic N) is 3.